The topological polar surface area (TPSA) is 109 Å². The first-order chi connectivity index (χ1) is 16.9. The molecule has 8 heteroatoms. The van der Waals surface area contributed by atoms with Crippen molar-refractivity contribution in [1.29, 1.82) is 0 Å². The largest absolute Gasteiger partial charge is 0.495 e. The Kier molecular flexibility index (Phi) is 9.09. The van der Waals surface area contributed by atoms with Crippen LogP contribution in [0.1, 0.15) is 34.8 Å². The number of nitrogens with one attached hydrogen (secondary N) is 3. The minimum atomic E-state index is -0.328. The summed E-state index contributed by atoms with van der Waals surface area (Å²) in [7, 11) is 5.60. The fraction of sp³-hybridized carbons (Fsp3) is 0.259. The van der Waals surface area contributed by atoms with E-state index in [1.54, 1.807) is 43.5 Å². The summed E-state index contributed by atoms with van der Waals surface area (Å²) in [6.45, 7) is 0.894. The Morgan fingerprint density at radius 3 is 2.23 bits per heavy atom. The van der Waals surface area contributed by atoms with E-state index >= 15 is 0 Å². The predicted molar refractivity (Wildman–Crippen MR) is 141 cm³/mol. The molecule has 0 saturated heterocycles. The maximum Gasteiger partial charge on any atom is 0.319 e. The molecule has 5 N–H and O–H groups in total. The smallest absolute Gasteiger partial charge is 0.319 e. The quantitative estimate of drug-likeness (QED) is 0.317. The third kappa shape index (κ3) is 7.48. The summed E-state index contributed by atoms with van der Waals surface area (Å²) in [6.07, 6.45) is 1.63. The number of methoxy groups -OCH3 is 1. The van der Waals surface area contributed by atoms with Crippen molar-refractivity contribution in [3.8, 4) is 5.75 Å². The lowest BCUT2D eigenvalue weighted by molar-refractivity contribution is 0.102. The van der Waals surface area contributed by atoms with E-state index in [1.807, 2.05) is 50.5 Å². The second-order valence-corrected chi connectivity index (χ2v) is 8.46. The van der Waals surface area contributed by atoms with E-state index in [0.29, 0.717) is 28.4 Å². The Morgan fingerprint density at radius 2 is 1.57 bits per heavy atom. The maximum absolute atomic E-state index is 12.8. The van der Waals surface area contributed by atoms with Gasteiger partial charge in [0.1, 0.15) is 5.75 Å². The number of ether oxygens (including phenoxy) is 1. The molecule has 1 atom stereocenters. The Morgan fingerprint density at radius 1 is 0.914 bits per heavy atom. The van der Waals surface area contributed by atoms with Crippen LogP contribution in [0.5, 0.6) is 5.75 Å². The second-order valence-electron chi connectivity index (χ2n) is 8.46. The third-order valence-corrected chi connectivity index (χ3v) is 5.54. The number of amides is 3. The number of nitrogen functional groups attached to an aromatic ring is 1. The molecule has 3 amide bonds. The number of hydrogen-bond acceptors (Lipinski definition) is 5. The zero-order chi connectivity index (χ0) is 25.2. The zero-order valence-electron chi connectivity index (χ0n) is 20.4. The lowest BCUT2D eigenvalue weighted by atomic mass is 10.00. The lowest BCUT2D eigenvalue weighted by Gasteiger charge is -2.21. The molecule has 0 spiro atoms. The highest BCUT2D eigenvalue weighted by atomic mass is 16.5. The number of carbonyl (C=O) groups excluding carboxylic acids is 2. The Balaban J connectivity index is 1.71. The monoisotopic (exact) mass is 475 g/mol. The Bertz CT molecular complexity index is 1130. The Labute approximate surface area is 206 Å². The molecular formula is C27H33N5O3. The molecule has 35 heavy (non-hydrogen) atoms. The molecule has 0 aliphatic carbocycles. The maximum atomic E-state index is 12.8. The summed E-state index contributed by atoms with van der Waals surface area (Å²) < 4.78 is 5.32. The third-order valence-electron chi connectivity index (χ3n) is 5.54. The lowest BCUT2D eigenvalue weighted by Crippen LogP contribution is -2.33. The molecule has 0 aliphatic rings. The predicted octanol–water partition coefficient (Wildman–Crippen LogP) is 4.73. The van der Waals surface area contributed by atoms with Gasteiger partial charge < -0.3 is 31.3 Å². The van der Waals surface area contributed by atoms with Gasteiger partial charge in [-0.2, -0.15) is 0 Å². The number of para-hydroxylation sites is 4. The zero-order valence-corrected chi connectivity index (χ0v) is 20.4. The van der Waals surface area contributed by atoms with E-state index in [9.17, 15) is 9.59 Å². The molecule has 1 unspecified atom stereocenters. The van der Waals surface area contributed by atoms with Gasteiger partial charge in [-0.3, -0.25) is 4.79 Å². The average molecular weight is 476 g/mol. The summed E-state index contributed by atoms with van der Waals surface area (Å²) in [4.78, 5) is 27.6. The summed E-state index contributed by atoms with van der Waals surface area (Å²) in [6, 6.07) is 21.1. The molecular weight excluding hydrogens is 442 g/mol. The fourth-order valence-electron chi connectivity index (χ4n) is 3.67. The van der Waals surface area contributed by atoms with Gasteiger partial charge in [-0.15, -0.1) is 0 Å². The van der Waals surface area contributed by atoms with E-state index in [2.05, 4.69) is 20.9 Å². The summed E-state index contributed by atoms with van der Waals surface area (Å²) in [5, 5.41) is 8.75. The van der Waals surface area contributed by atoms with Crippen molar-refractivity contribution in [2.45, 2.75) is 18.9 Å². The normalized spacial score (nSPS) is 11.5. The molecule has 184 valence electrons. The molecule has 0 aromatic heterocycles. The van der Waals surface area contributed by atoms with E-state index in [0.717, 1.165) is 24.9 Å². The van der Waals surface area contributed by atoms with Gasteiger partial charge in [0, 0.05) is 5.56 Å². The average Bonchev–Trinajstić information content (AvgIpc) is 2.85. The number of anilines is 3. The number of nitrogens with zero attached hydrogens (tertiary/aromatic N) is 1. The highest BCUT2D eigenvalue weighted by Gasteiger charge is 2.17. The molecule has 3 aromatic rings. The molecule has 0 fully saturated rings. The van der Waals surface area contributed by atoms with Crippen molar-refractivity contribution in [2.24, 2.45) is 0 Å². The molecule has 0 bridgehead atoms. The van der Waals surface area contributed by atoms with Crippen LogP contribution in [0.15, 0.2) is 72.8 Å². The van der Waals surface area contributed by atoms with E-state index in [1.165, 1.54) is 0 Å². The second kappa shape index (κ2) is 12.4. The van der Waals surface area contributed by atoms with Crippen LogP contribution >= 0.6 is 0 Å². The Hall–Kier alpha value is -4.04. The molecule has 3 rings (SSSR count). The van der Waals surface area contributed by atoms with Crippen LogP contribution in [0.4, 0.5) is 21.9 Å². The van der Waals surface area contributed by atoms with Crippen molar-refractivity contribution in [2.75, 3.05) is 44.1 Å². The van der Waals surface area contributed by atoms with Crippen LogP contribution in [-0.2, 0) is 0 Å². The number of benzene rings is 3. The highest BCUT2D eigenvalue weighted by Crippen LogP contribution is 2.25. The minimum Gasteiger partial charge on any atom is -0.495 e. The van der Waals surface area contributed by atoms with Crippen LogP contribution in [0.2, 0.25) is 0 Å². The van der Waals surface area contributed by atoms with Crippen molar-refractivity contribution < 1.29 is 14.3 Å². The van der Waals surface area contributed by atoms with Crippen LogP contribution < -0.4 is 26.4 Å². The van der Waals surface area contributed by atoms with Crippen molar-refractivity contribution >= 4 is 29.0 Å². The first-order valence-electron chi connectivity index (χ1n) is 11.5. The van der Waals surface area contributed by atoms with E-state index in [-0.39, 0.29) is 18.0 Å². The van der Waals surface area contributed by atoms with Crippen LogP contribution in [0, 0.1) is 0 Å². The molecule has 0 radical (unpaired) electrons. The standard InChI is InChI=1S/C27H33N5O3/c1-32(2)18-8-12-22(30-27(34)31-24-11-6-7-13-25(24)35-3)19-14-16-20(17-15-19)26(33)29-23-10-5-4-9-21(23)28/h4-7,9-11,13-17,22H,8,12,18,28H2,1-3H3,(H,29,33)(H2,30,31,34). The first-order valence-corrected chi connectivity index (χ1v) is 11.5. The van der Waals surface area contributed by atoms with Gasteiger partial charge in [-0.05, 0) is 75.4 Å². The molecule has 0 aliphatic heterocycles. The highest BCUT2D eigenvalue weighted by molar-refractivity contribution is 6.05. The van der Waals surface area contributed by atoms with Crippen molar-refractivity contribution in [1.82, 2.24) is 10.2 Å². The van der Waals surface area contributed by atoms with Crippen LogP contribution in [-0.4, -0.2) is 44.6 Å². The number of urea groups is 1. The van der Waals surface area contributed by atoms with Crippen LogP contribution in [0.25, 0.3) is 0 Å². The number of carbonyl (C=O) groups is 2. The van der Waals surface area contributed by atoms with Gasteiger partial charge in [0.2, 0.25) is 0 Å². The van der Waals surface area contributed by atoms with Gasteiger partial charge in [-0.25, -0.2) is 4.79 Å². The SMILES string of the molecule is COc1ccccc1NC(=O)NC(CCCN(C)C)c1ccc(C(=O)Nc2ccccc2N)cc1. The number of hydrogen-bond donors (Lipinski definition) is 4. The number of nitrogens with two attached hydrogens (primary N) is 1. The van der Waals surface area contributed by atoms with Gasteiger partial charge in [-0.1, -0.05) is 36.4 Å². The summed E-state index contributed by atoms with van der Waals surface area (Å²) >= 11 is 0. The fourth-order valence-corrected chi connectivity index (χ4v) is 3.67. The molecule has 8 nitrogen and oxygen atoms in total. The van der Waals surface area contributed by atoms with E-state index < -0.39 is 0 Å². The van der Waals surface area contributed by atoms with Gasteiger partial charge in [0.05, 0.1) is 30.2 Å². The number of rotatable bonds is 10. The van der Waals surface area contributed by atoms with Gasteiger partial charge in [0.25, 0.3) is 5.91 Å². The molecule has 0 saturated carbocycles. The van der Waals surface area contributed by atoms with E-state index in [4.69, 9.17) is 10.5 Å². The van der Waals surface area contributed by atoms with Gasteiger partial charge in [0.15, 0.2) is 0 Å². The summed E-state index contributed by atoms with van der Waals surface area (Å²) in [5.74, 6) is 0.335. The van der Waals surface area contributed by atoms with Gasteiger partial charge >= 0.3 is 6.03 Å². The molecule has 3 aromatic carbocycles. The van der Waals surface area contributed by atoms with Crippen molar-refractivity contribution in [3.05, 3.63) is 83.9 Å². The minimum absolute atomic E-state index is 0.230. The summed E-state index contributed by atoms with van der Waals surface area (Å²) in [5.41, 5.74) is 9.00. The molecule has 0 heterocycles. The first kappa shape index (κ1) is 25.6. The van der Waals surface area contributed by atoms with Crippen LogP contribution in [0.3, 0.4) is 0 Å². The van der Waals surface area contributed by atoms with Crippen molar-refractivity contribution in [3.63, 3.8) is 0 Å².